The van der Waals surface area contributed by atoms with Crippen molar-refractivity contribution >= 4 is 29.4 Å². The van der Waals surface area contributed by atoms with Gasteiger partial charge in [0.05, 0.1) is 25.5 Å². The summed E-state index contributed by atoms with van der Waals surface area (Å²) in [5.74, 6) is 1.52. The van der Waals surface area contributed by atoms with Crippen LogP contribution in [0, 0.1) is 0 Å². The Morgan fingerprint density at radius 2 is 1.75 bits per heavy atom. The van der Waals surface area contributed by atoms with E-state index in [4.69, 9.17) is 25.8 Å². The van der Waals surface area contributed by atoms with Crippen molar-refractivity contribution in [3.8, 4) is 34.1 Å². The molecule has 1 fully saturated rings. The number of amides is 1. The first-order valence-corrected chi connectivity index (χ1v) is 14.7. The SMILES string of the molecule is COc1cccc(N2CCN(CCOc3c(OC)cc(/C=N/NC(=O)c4ccc(O)c(Cl)c4)cc3-c3ccccc3)CC2)c1. The van der Waals surface area contributed by atoms with Crippen LogP contribution in [0.15, 0.2) is 90.0 Å². The lowest BCUT2D eigenvalue weighted by Crippen LogP contribution is -2.47. The third-order valence-corrected chi connectivity index (χ3v) is 7.72. The predicted octanol–water partition coefficient (Wildman–Crippen LogP) is 5.69. The first-order chi connectivity index (χ1) is 21.4. The lowest BCUT2D eigenvalue weighted by atomic mass is 10.0. The van der Waals surface area contributed by atoms with Crippen LogP contribution < -0.4 is 24.5 Å². The number of hydrazone groups is 1. The number of anilines is 1. The van der Waals surface area contributed by atoms with Crippen LogP contribution in [0.5, 0.6) is 23.0 Å². The summed E-state index contributed by atoms with van der Waals surface area (Å²) in [4.78, 5) is 17.3. The van der Waals surface area contributed by atoms with Crippen molar-refractivity contribution in [2.75, 3.05) is 58.5 Å². The van der Waals surface area contributed by atoms with E-state index in [-0.39, 0.29) is 16.3 Å². The largest absolute Gasteiger partial charge is 0.506 e. The van der Waals surface area contributed by atoms with Gasteiger partial charge in [-0.3, -0.25) is 9.69 Å². The monoisotopic (exact) mass is 614 g/mol. The highest BCUT2D eigenvalue weighted by atomic mass is 35.5. The van der Waals surface area contributed by atoms with E-state index in [2.05, 4.69) is 32.5 Å². The number of halogens is 1. The number of hydrogen-bond donors (Lipinski definition) is 2. The van der Waals surface area contributed by atoms with Crippen molar-refractivity contribution in [2.24, 2.45) is 5.10 Å². The zero-order chi connectivity index (χ0) is 30.9. The third kappa shape index (κ3) is 7.61. The molecule has 1 aliphatic heterocycles. The number of ether oxygens (including phenoxy) is 3. The lowest BCUT2D eigenvalue weighted by molar-refractivity contribution is 0.0955. The summed E-state index contributed by atoms with van der Waals surface area (Å²) in [5.41, 5.74) is 6.48. The van der Waals surface area contributed by atoms with Gasteiger partial charge in [-0.15, -0.1) is 0 Å². The number of carbonyl (C=O) groups is 1. The second-order valence-electron chi connectivity index (χ2n) is 10.2. The summed E-state index contributed by atoms with van der Waals surface area (Å²) < 4.78 is 17.5. The van der Waals surface area contributed by atoms with Gasteiger partial charge in [-0.2, -0.15) is 5.10 Å². The van der Waals surface area contributed by atoms with Crippen LogP contribution in [-0.2, 0) is 0 Å². The molecule has 1 saturated heterocycles. The molecular formula is C34H35ClN4O5. The second kappa shape index (κ2) is 14.6. The normalized spacial score (nSPS) is 13.6. The van der Waals surface area contributed by atoms with Crippen molar-refractivity contribution in [2.45, 2.75) is 0 Å². The van der Waals surface area contributed by atoms with Crippen molar-refractivity contribution in [1.82, 2.24) is 10.3 Å². The quantitative estimate of drug-likeness (QED) is 0.165. The fraction of sp³-hybridized carbons (Fsp3) is 0.235. The molecule has 1 amide bonds. The van der Waals surface area contributed by atoms with Gasteiger partial charge in [-0.05, 0) is 53.6 Å². The number of nitrogens with zero attached hydrogens (tertiary/aromatic N) is 3. The molecule has 5 rings (SSSR count). The number of piperazine rings is 1. The number of nitrogens with one attached hydrogen (secondary N) is 1. The predicted molar refractivity (Wildman–Crippen MR) is 174 cm³/mol. The molecule has 0 radical (unpaired) electrons. The van der Waals surface area contributed by atoms with Gasteiger partial charge in [-0.25, -0.2) is 5.43 Å². The Morgan fingerprint density at radius 3 is 2.48 bits per heavy atom. The van der Waals surface area contributed by atoms with E-state index in [9.17, 15) is 9.90 Å². The second-order valence-corrected chi connectivity index (χ2v) is 10.6. The van der Waals surface area contributed by atoms with Crippen molar-refractivity contribution < 1.29 is 24.1 Å². The molecule has 1 aliphatic rings. The van der Waals surface area contributed by atoms with Gasteiger partial charge in [0.15, 0.2) is 11.5 Å². The minimum atomic E-state index is -0.456. The molecule has 0 saturated carbocycles. The number of phenols is 1. The van der Waals surface area contributed by atoms with Crippen molar-refractivity contribution in [3.05, 3.63) is 101 Å². The van der Waals surface area contributed by atoms with Crippen LogP contribution in [0.25, 0.3) is 11.1 Å². The Morgan fingerprint density at radius 1 is 0.955 bits per heavy atom. The topological polar surface area (TPSA) is 95.9 Å². The first-order valence-electron chi connectivity index (χ1n) is 14.3. The zero-order valence-electron chi connectivity index (χ0n) is 24.7. The van der Waals surface area contributed by atoms with Crippen LogP contribution in [0.1, 0.15) is 15.9 Å². The smallest absolute Gasteiger partial charge is 0.271 e. The molecule has 44 heavy (non-hydrogen) atoms. The molecule has 0 bridgehead atoms. The summed E-state index contributed by atoms with van der Waals surface area (Å²) >= 11 is 5.93. The maximum Gasteiger partial charge on any atom is 0.271 e. The van der Waals surface area contributed by atoms with Crippen molar-refractivity contribution in [1.29, 1.82) is 0 Å². The van der Waals surface area contributed by atoms with E-state index in [0.717, 1.165) is 49.6 Å². The molecule has 2 N–H and O–H groups in total. The molecule has 0 aromatic heterocycles. The lowest BCUT2D eigenvalue weighted by Gasteiger charge is -2.36. The molecular weight excluding hydrogens is 580 g/mol. The number of hydrogen-bond acceptors (Lipinski definition) is 8. The van der Waals surface area contributed by atoms with Gasteiger partial charge >= 0.3 is 0 Å². The number of methoxy groups -OCH3 is 2. The number of phenolic OH excluding ortho intramolecular Hbond substituents is 1. The molecule has 4 aromatic rings. The van der Waals surface area contributed by atoms with E-state index in [1.165, 1.54) is 23.9 Å². The van der Waals surface area contributed by atoms with Crippen LogP contribution >= 0.6 is 11.6 Å². The van der Waals surface area contributed by atoms with E-state index in [1.807, 2.05) is 54.6 Å². The molecule has 228 valence electrons. The highest BCUT2D eigenvalue weighted by Gasteiger charge is 2.19. The third-order valence-electron chi connectivity index (χ3n) is 7.42. The first kappa shape index (κ1) is 30.7. The Balaban J connectivity index is 1.25. The minimum Gasteiger partial charge on any atom is -0.506 e. The van der Waals surface area contributed by atoms with Crippen LogP contribution in [-0.4, -0.2) is 75.7 Å². The molecule has 0 spiro atoms. The summed E-state index contributed by atoms with van der Waals surface area (Å²) in [6, 6.07) is 26.1. The zero-order valence-corrected chi connectivity index (χ0v) is 25.5. The fourth-order valence-electron chi connectivity index (χ4n) is 5.02. The molecule has 4 aromatic carbocycles. The van der Waals surface area contributed by atoms with E-state index >= 15 is 0 Å². The van der Waals surface area contributed by atoms with Gasteiger partial charge in [0.25, 0.3) is 5.91 Å². The fourth-order valence-corrected chi connectivity index (χ4v) is 5.20. The van der Waals surface area contributed by atoms with Crippen LogP contribution in [0.2, 0.25) is 5.02 Å². The Labute approximate surface area is 262 Å². The minimum absolute atomic E-state index is 0.0879. The van der Waals surface area contributed by atoms with Gasteiger partial charge in [0.2, 0.25) is 0 Å². The van der Waals surface area contributed by atoms with Crippen molar-refractivity contribution in [3.63, 3.8) is 0 Å². The van der Waals surface area contributed by atoms with Gasteiger partial charge in [-0.1, -0.05) is 48.0 Å². The highest BCUT2D eigenvalue weighted by molar-refractivity contribution is 6.32. The number of rotatable bonds is 11. The number of carbonyl (C=O) groups excluding carboxylic acids is 1. The highest BCUT2D eigenvalue weighted by Crippen LogP contribution is 2.39. The Bertz CT molecular complexity index is 1610. The molecule has 0 aliphatic carbocycles. The number of aromatic hydroxyl groups is 1. The van der Waals surface area contributed by atoms with E-state index < -0.39 is 5.91 Å². The summed E-state index contributed by atoms with van der Waals surface area (Å²) in [6.07, 6.45) is 1.54. The summed E-state index contributed by atoms with van der Waals surface area (Å²) in [6.45, 7) is 4.99. The molecule has 0 unspecified atom stereocenters. The molecule has 10 heteroatoms. The Kier molecular flexibility index (Phi) is 10.2. The van der Waals surface area contributed by atoms with Gasteiger partial charge in [0.1, 0.15) is 18.1 Å². The van der Waals surface area contributed by atoms with Crippen LogP contribution in [0.4, 0.5) is 5.69 Å². The molecule has 1 heterocycles. The summed E-state index contributed by atoms with van der Waals surface area (Å²) in [5, 5.41) is 13.8. The summed E-state index contributed by atoms with van der Waals surface area (Å²) in [7, 11) is 3.29. The Hall–Kier alpha value is -4.73. The average molecular weight is 615 g/mol. The van der Waals surface area contributed by atoms with E-state index in [1.54, 1.807) is 20.4 Å². The average Bonchev–Trinajstić information content (AvgIpc) is 3.06. The number of benzene rings is 4. The molecule has 9 nitrogen and oxygen atoms in total. The van der Waals surface area contributed by atoms with E-state index in [0.29, 0.717) is 23.7 Å². The maximum atomic E-state index is 12.5. The molecule has 0 atom stereocenters. The van der Waals surface area contributed by atoms with Gasteiger partial charge in [0, 0.05) is 55.6 Å². The van der Waals surface area contributed by atoms with Crippen LogP contribution in [0.3, 0.4) is 0 Å². The maximum absolute atomic E-state index is 12.5. The van der Waals surface area contributed by atoms with Gasteiger partial charge < -0.3 is 24.2 Å². The standard InChI is InChI=1S/C34H35ClN4O5/c1-42-28-10-6-9-27(22-28)39-15-13-38(14-16-39)17-18-44-33-29(25-7-4-3-5-8-25)19-24(20-32(33)43-2)23-36-37-34(41)26-11-12-31(40)30(35)21-26/h3-12,19-23,40H,13-18H2,1-2H3,(H,37,41)/b36-23+.